The number of nitrogens with zero attached hydrogens (tertiary/aromatic N) is 2. The lowest BCUT2D eigenvalue weighted by Gasteiger charge is -2.30. The number of piperidine rings is 1. The van der Waals surface area contributed by atoms with Crippen LogP contribution in [0.25, 0.3) is 10.2 Å². The summed E-state index contributed by atoms with van der Waals surface area (Å²) in [5.41, 5.74) is 3.70. The molecule has 1 N–H and O–H groups in total. The van der Waals surface area contributed by atoms with Gasteiger partial charge in [-0.2, -0.15) is 4.31 Å². The highest BCUT2D eigenvalue weighted by Crippen LogP contribution is 2.28. The number of sulfonamides is 1. The van der Waals surface area contributed by atoms with Crippen LogP contribution >= 0.6 is 11.3 Å². The summed E-state index contributed by atoms with van der Waals surface area (Å²) < 4.78 is 30.1. The highest BCUT2D eigenvalue weighted by atomic mass is 32.2. The smallest absolute Gasteiger partial charge is 0.308 e. The van der Waals surface area contributed by atoms with E-state index in [4.69, 9.17) is 0 Å². The summed E-state index contributed by atoms with van der Waals surface area (Å²) in [7, 11) is -3.69. The second-order valence-corrected chi connectivity index (χ2v) is 11.1. The molecule has 0 atom stereocenters. The van der Waals surface area contributed by atoms with Crippen LogP contribution in [-0.4, -0.2) is 36.3 Å². The molecule has 1 amide bonds. The number of thiazole rings is 1. The normalized spacial score (nSPS) is 15.8. The molecule has 1 aromatic heterocycles. The molecular formula is C23H27N3O4S2. The summed E-state index contributed by atoms with van der Waals surface area (Å²) in [4.78, 5) is 24.9. The summed E-state index contributed by atoms with van der Waals surface area (Å²) in [6, 6.07) is 10.7. The molecule has 170 valence electrons. The number of carbonyl (C=O) groups is 1. The second-order valence-electron chi connectivity index (χ2n) is 8.16. The molecule has 0 unspecified atom stereocenters. The molecule has 2 aromatic carbocycles. The van der Waals surface area contributed by atoms with E-state index in [0.717, 1.165) is 33.7 Å². The first-order valence-corrected chi connectivity index (χ1v) is 13.0. The number of aryl methyl sites for hydroxylation is 2. The molecule has 7 nitrogen and oxygen atoms in total. The standard InChI is InChI=1S/C23H27N3O4S2/c1-4-26-20-9-8-18(14-21(20)31-23(26)28)32(29,30)25-12-10-17(11-13-25)22(27)24-19-7-5-6-15(2)16(19)3/h5-9,14,17H,4,10-13H2,1-3H3,(H,24,27). The number of rotatable bonds is 5. The second kappa shape index (κ2) is 8.80. The summed E-state index contributed by atoms with van der Waals surface area (Å²) in [5.74, 6) is -0.296. The number of anilines is 1. The van der Waals surface area contributed by atoms with Crippen molar-refractivity contribution >= 4 is 43.2 Å². The zero-order valence-corrected chi connectivity index (χ0v) is 20.1. The minimum absolute atomic E-state index is 0.0668. The Balaban J connectivity index is 1.46. The van der Waals surface area contributed by atoms with Gasteiger partial charge in [-0.3, -0.25) is 14.2 Å². The van der Waals surface area contributed by atoms with Crippen molar-refractivity contribution in [2.75, 3.05) is 18.4 Å². The molecule has 0 radical (unpaired) electrons. The van der Waals surface area contributed by atoms with Gasteiger partial charge in [0.2, 0.25) is 15.9 Å². The predicted octanol–water partition coefficient (Wildman–Crippen LogP) is 3.74. The van der Waals surface area contributed by atoms with Crippen LogP contribution in [0.2, 0.25) is 0 Å². The Bertz CT molecular complexity index is 1330. The van der Waals surface area contributed by atoms with Gasteiger partial charge < -0.3 is 5.32 Å². The van der Waals surface area contributed by atoms with E-state index < -0.39 is 10.0 Å². The van der Waals surface area contributed by atoms with E-state index >= 15 is 0 Å². The maximum atomic E-state index is 13.2. The fourth-order valence-electron chi connectivity index (χ4n) is 4.14. The number of aromatic nitrogens is 1. The fourth-order valence-corrected chi connectivity index (χ4v) is 6.70. The van der Waals surface area contributed by atoms with Crippen molar-refractivity contribution in [1.29, 1.82) is 0 Å². The molecule has 32 heavy (non-hydrogen) atoms. The van der Waals surface area contributed by atoms with Crippen LogP contribution in [0.15, 0.2) is 46.1 Å². The third-order valence-electron chi connectivity index (χ3n) is 6.28. The summed E-state index contributed by atoms with van der Waals surface area (Å²) >= 11 is 1.06. The number of hydrogen-bond donors (Lipinski definition) is 1. The average molecular weight is 474 g/mol. The van der Waals surface area contributed by atoms with E-state index in [1.54, 1.807) is 22.8 Å². The van der Waals surface area contributed by atoms with E-state index in [-0.39, 0.29) is 34.7 Å². The lowest BCUT2D eigenvalue weighted by Crippen LogP contribution is -2.41. The first-order valence-electron chi connectivity index (χ1n) is 10.7. The number of nitrogens with one attached hydrogen (secondary N) is 1. The van der Waals surface area contributed by atoms with Crippen molar-refractivity contribution in [2.45, 2.75) is 45.1 Å². The predicted molar refractivity (Wildman–Crippen MR) is 128 cm³/mol. The molecule has 1 aliphatic rings. The van der Waals surface area contributed by atoms with Crippen LogP contribution < -0.4 is 10.2 Å². The number of amides is 1. The molecule has 1 aliphatic heterocycles. The summed E-state index contributed by atoms with van der Waals surface area (Å²) in [6.07, 6.45) is 0.940. The molecule has 2 heterocycles. The fraction of sp³-hybridized carbons (Fsp3) is 0.391. The van der Waals surface area contributed by atoms with Gasteiger partial charge in [0.25, 0.3) is 0 Å². The van der Waals surface area contributed by atoms with Crippen molar-refractivity contribution < 1.29 is 13.2 Å². The quantitative estimate of drug-likeness (QED) is 0.611. The van der Waals surface area contributed by atoms with Crippen LogP contribution in [-0.2, 0) is 21.4 Å². The topological polar surface area (TPSA) is 88.5 Å². The van der Waals surface area contributed by atoms with Gasteiger partial charge in [0.05, 0.1) is 15.1 Å². The number of fused-ring (bicyclic) bond motifs is 1. The molecule has 0 aliphatic carbocycles. The molecule has 4 rings (SSSR count). The summed E-state index contributed by atoms with van der Waals surface area (Å²) in [6.45, 7) is 6.99. The monoisotopic (exact) mass is 473 g/mol. The number of carbonyl (C=O) groups excluding carboxylic acids is 1. The lowest BCUT2D eigenvalue weighted by atomic mass is 9.97. The Kier molecular flexibility index (Phi) is 6.24. The van der Waals surface area contributed by atoms with Crippen LogP contribution in [0, 0.1) is 19.8 Å². The number of benzene rings is 2. The first kappa shape index (κ1) is 22.7. The molecule has 0 bridgehead atoms. The number of hydrogen-bond acceptors (Lipinski definition) is 5. The lowest BCUT2D eigenvalue weighted by molar-refractivity contribution is -0.120. The van der Waals surface area contributed by atoms with Gasteiger partial charge in [0.15, 0.2) is 0 Å². The highest BCUT2D eigenvalue weighted by Gasteiger charge is 2.32. The van der Waals surface area contributed by atoms with Crippen molar-refractivity contribution in [3.8, 4) is 0 Å². The van der Waals surface area contributed by atoms with Gasteiger partial charge in [0.1, 0.15) is 0 Å². The van der Waals surface area contributed by atoms with Crippen molar-refractivity contribution in [1.82, 2.24) is 8.87 Å². The SMILES string of the molecule is CCn1c(=O)sc2cc(S(=O)(=O)N3CCC(C(=O)Nc4cccc(C)c4C)CC3)ccc21. The van der Waals surface area contributed by atoms with Crippen LogP contribution in [0.4, 0.5) is 5.69 Å². The first-order chi connectivity index (χ1) is 15.2. The highest BCUT2D eigenvalue weighted by molar-refractivity contribution is 7.89. The molecule has 1 fully saturated rings. The van der Waals surface area contributed by atoms with Gasteiger partial charge in [-0.05, 0) is 69.0 Å². The van der Waals surface area contributed by atoms with E-state index in [0.29, 0.717) is 24.1 Å². The maximum Gasteiger partial charge on any atom is 0.308 e. The van der Waals surface area contributed by atoms with Gasteiger partial charge in [-0.25, -0.2) is 8.42 Å². The third-order valence-corrected chi connectivity index (χ3v) is 9.12. The van der Waals surface area contributed by atoms with Gasteiger partial charge in [-0.15, -0.1) is 0 Å². The average Bonchev–Trinajstić information content (AvgIpc) is 3.11. The zero-order chi connectivity index (χ0) is 23.0. The molecule has 1 saturated heterocycles. The van der Waals surface area contributed by atoms with Crippen molar-refractivity contribution in [2.24, 2.45) is 5.92 Å². The Morgan fingerprint density at radius 1 is 1.16 bits per heavy atom. The maximum absolute atomic E-state index is 13.2. The minimum atomic E-state index is -3.69. The Morgan fingerprint density at radius 3 is 2.56 bits per heavy atom. The van der Waals surface area contributed by atoms with E-state index in [2.05, 4.69) is 5.32 Å². The minimum Gasteiger partial charge on any atom is -0.326 e. The van der Waals surface area contributed by atoms with E-state index in [1.807, 2.05) is 39.0 Å². The molecule has 0 spiro atoms. The molecule has 9 heteroatoms. The molecular weight excluding hydrogens is 446 g/mol. The van der Waals surface area contributed by atoms with Crippen LogP contribution in [0.3, 0.4) is 0 Å². The Labute approximate surface area is 191 Å². The Hall–Kier alpha value is -2.49. The molecule has 0 saturated carbocycles. The van der Waals surface area contributed by atoms with Gasteiger partial charge >= 0.3 is 4.87 Å². The van der Waals surface area contributed by atoms with Crippen molar-refractivity contribution in [3.63, 3.8) is 0 Å². The third kappa shape index (κ3) is 4.12. The van der Waals surface area contributed by atoms with Gasteiger partial charge in [0, 0.05) is 31.2 Å². The van der Waals surface area contributed by atoms with Crippen LogP contribution in [0.1, 0.15) is 30.9 Å². The van der Waals surface area contributed by atoms with E-state index in [9.17, 15) is 18.0 Å². The van der Waals surface area contributed by atoms with Crippen LogP contribution in [0.5, 0.6) is 0 Å². The van der Waals surface area contributed by atoms with Crippen molar-refractivity contribution in [3.05, 3.63) is 57.2 Å². The summed E-state index contributed by atoms with van der Waals surface area (Å²) in [5, 5.41) is 3.00. The van der Waals surface area contributed by atoms with Gasteiger partial charge in [-0.1, -0.05) is 23.5 Å². The molecule has 3 aromatic rings. The van der Waals surface area contributed by atoms with E-state index in [1.165, 1.54) is 4.31 Å². The largest absolute Gasteiger partial charge is 0.326 e. The zero-order valence-electron chi connectivity index (χ0n) is 18.4. The Morgan fingerprint density at radius 2 is 1.88 bits per heavy atom.